The van der Waals surface area contributed by atoms with Crippen LogP contribution in [0.1, 0.15) is 32.3 Å². The Morgan fingerprint density at radius 1 is 1.10 bits per heavy atom. The molecule has 2 aliphatic rings. The molecule has 41 heavy (non-hydrogen) atoms. The lowest BCUT2D eigenvalue weighted by molar-refractivity contribution is 0.416. The molecule has 0 spiro atoms. The van der Waals surface area contributed by atoms with Crippen LogP contribution in [0.15, 0.2) is 47.4 Å². The average molecular weight is 601 g/mol. The van der Waals surface area contributed by atoms with Crippen molar-refractivity contribution in [2.75, 3.05) is 47.6 Å². The van der Waals surface area contributed by atoms with Crippen LogP contribution in [0.4, 0.5) is 34.6 Å². The van der Waals surface area contributed by atoms with E-state index < -0.39 is 21.1 Å². The number of ether oxygens (including phenoxy) is 1. The van der Waals surface area contributed by atoms with E-state index in [1.165, 1.54) is 0 Å². The Morgan fingerprint density at radius 3 is 2.56 bits per heavy atom. The van der Waals surface area contributed by atoms with Crippen LogP contribution in [0.2, 0.25) is 0 Å². The summed E-state index contributed by atoms with van der Waals surface area (Å²) in [7, 11) is -2.17. The summed E-state index contributed by atoms with van der Waals surface area (Å²) in [5, 5.41) is 9.45. The highest BCUT2D eigenvalue weighted by Gasteiger charge is 2.24. The molecule has 1 saturated heterocycles. The van der Waals surface area contributed by atoms with Gasteiger partial charge in [0.25, 0.3) is 0 Å². The Kier molecular flexibility index (Phi) is 8.63. The van der Waals surface area contributed by atoms with Gasteiger partial charge >= 0.3 is 0 Å². The van der Waals surface area contributed by atoms with Crippen LogP contribution in [0, 0.1) is 0 Å². The van der Waals surface area contributed by atoms with E-state index in [0.29, 0.717) is 73.6 Å². The number of methoxy groups -OCH3 is 1. The minimum absolute atomic E-state index is 0.129. The van der Waals surface area contributed by atoms with Crippen molar-refractivity contribution in [3.8, 4) is 5.75 Å². The highest BCUT2D eigenvalue weighted by atomic mass is 32.2. The number of aromatic nitrogens is 2. The average Bonchev–Trinajstić information content (AvgIpc) is 3.42. The van der Waals surface area contributed by atoms with Gasteiger partial charge < -0.3 is 30.1 Å². The second kappa shape index (κ2) is 12.2. The first kappa shape index (κ1) is 29.0. The van der Waals surface area contributed by atoms with Gasteiger partial charge in [-0.25, -0.2) is 13.1 Å². The molecule has 2 aromatic carbocycles. The molecule has 3 heterocycles. The molecule has 0 radical (unpaired) electrons. The SMILES string of the molecule is COc1cc(N2CCC(S(=O)[O-])CC2)ccc1Nc1nc2c(c(Nc3ccccc3S(=O)(=O)NC(C)C)n1)CCN2. The number of nitrogens with zero attached hydrogens (tertiary/aromatic N) is 3. The van der Waals surface area contributed by atoms with E-state index in [1.807, 2.05) is 18.2 Å². The van der Waals surface area contributed by atoms with Gasteiger partial charge in [-0.1, -0.05) is 23.2 Å². The van der Waals surface area contributed by atoms with Gasteiger partial charge in [0.2, 0.25) is 16.0 Å². The number of anilines is 6. The van der Waals surface area contributed by atoms with Gasteiger partial charge in [0.15, 0.2) is 0 Å². The smallest absolute Gasteiger partial charge is 0.242 e. The summed E-state index contributed by atoms with van der Waals surface area (Å²) in [6.07, 6.45) is 1.86. The molecule has 2 aliphatic heterocycles. The molecule has 1 aromatic heterocycles. The van der Waals surface area contributed by atoms with Crippen LogP contribution in [0.3, 0.4) is 0 Å². The minimum Gasteiger partial charge on any atom is -0.772 e. The summed E-state index contributed by atoms with van der Waals surface area (Å²) < 4.78 is 56.9. The van der Waals surface area contributed by atoms with Crippen LogP contribution in [-0.4, -0.2) is 65.2 Å². The normalized spacial score (nSPS) is 16.3. The van der Waals surface area contributed by atoms with Crippen LogP contribution < -0.4 is 30.3 Å². The predicted octanol–water partition coefficient (Wildman–Crippen LogP) is 3.48. The molecule has 220 valence electrons. The molecule has 0 amide bonds. The van der Waals surface area contributed by atoms with E-state index in [4.69, 9.17) is 9.72 Å². The van der Waals surface area contributed by atoms with Gasteiger partial charge in [-0.05, 0) is 57.4 Å². The molecule has 1 atom stereocenters. The van der Waals surface area contributed by atoms with Gasteiger partial charge in [0.05, 0.1) is 18.5 Å². The number of nitrogens with one attached hydrogen (secondary N) is 4. The largest absolute Gasteiger partial charge is 0.772 e. The number of rotatable bonds is 10. The third-order valence-corrected chi connectivity index (χ3v) is 9.74. The van der Waals surface area contributed by atoms with Gasteiger partial charge in [-0.15, -0.1) is 0 Å². The quantitative estimate of drug-likeness (QED) is 0.252. The van der Waals surface area contributed by atoms with Crippen molar-refractivity contribution in [1.29, 1.82) is 0 Å². The molecule has 5 rings (SSSR count). The first-order valence-electron chi connectivity index (χ1n) is 13.5. The van der Waals surface area contributed by atoms with E-state index >= 15 is 0 Å². The summed E-state index contributed by atoms with van der Waals surface area (Å²) in [4.78, 5) is 11.6. The van der Waals surface area contributed by atoms with E-state index in [9.17, 15) is 17.2 Å². The van der Waals surface area contributed by atoms with Crippen molar-refractivity contribution in [2.24, 2.45) is 0 Å². The van der Waals surface area contributed by atoms with Crippen LogP contribution in [0.5, 0.6) is 5.75 Å². The Labute approximate surface area is 242 Å². The number of para-hydroxylation sites is 1. The van der Waals surface area contributed by atoms with E-state index in [2.05, 4.69) is 30.6 Å². The van der Waals surface area contributed by atoms with E-state index in [-0.39, 0.29) is 16.2 Å². The number of fused-ring (bicyclic) bond motifs is 1. The minimum atomic E-state index is -3.75. The summed E-state index contributed by atoms with van der Waals surface area (Å²) in [5.74, 6) is 2.06. The van der Waals surface area contributed by atoms with Gasteiger partial charge in [0, 0.05) is 48.2 Å². The summed E-state index contributed by atoms with van der Waals surface area (Å²) in [6, 6.07) is 12.2. The Morgan fingerprint density at radius 2 is 1.85 bits per heavy atom. The second-order valence-electron chi connectivity index (χ2n) is 10.3. The van der Waals surface area contributed by atoms with Crippen molar-refractivity contribution in [2.45, 2.75) is 49.3 Å². The second-order valence-corrected chi connectivity index (χ2v) is 13.1. The number of piperidine rings is 1. The first-order chi connectivity index (χ1) is 19.6. The lowest BCUT2D eigenvalue weighted by atomic mass is 10.1. The van der Waals surface area contributed by atoms with Crippen molar-refractivity contribution in [3.05, 3.63) is 48.0 Å². The monoisotopic (exact) mass is 600 g/mol. The highest BCUT2D eigenvalue weighted by molar-refractivity contribution is 7.89. The molecule has 0 aliphatic carbocycles. The molecule has 12 nitrogen and oxygen atoms in total. The lowest BCUT2D eigenvalue weighted by Gasteiger charge is -2.34. The fourth-order valence-corrected chi connectivity index (χ4v) is 7.05. The van der Waals surface area contributed by atoms with Crippen LogP contribution in [-0.2, 0) is 27.5 Å². The molecule has 1 fully saturated rings. The van der Waals surface area contributed by atoms with Crippen LogP contribution >= 0.6 is 0 Å². The van der Waals surface area contributed by atoms with Gasteiger partial charge in [0.1, 0.15) is 22.3 Å². The lowest BCUT2D eigenvalue weighted by Crippen LogP contribution is -2.37. The fraction of sp³-hybridized carbons (Fsp3) is 0.407. The first-order valence-corrected chi connectivity index (χ1v) is 16.1. The zero-order chi connectivity index (χ0) is 29.1. The number of hydrogen-bond donors (Lipinski definition) is 4. The maximum Gasteiger partial charge on any atom is 0.242 e. The molecule has 4 N–H and O–H groups in total. The van der Waals surface area contributed by atoms with Gasteiger partial charge in [-0.3, -0.25) is 4.21 Å². The molecule has 3 aromatic rings. The van der Waals surface area contributed by atoms with Crippen molar-refractivity contribution >= 4 is 55.7 Å². The summed E-state index contributed by atoms with van der Waals surface area (Å²) >= 11 is -2.05. The zero-order valence-corrected chi connectivity index (χ0v) is 24.8. The molecular formula is C27H34N7O5S2-. The van der Waals surface area contributed by atoms with Crippen molar-refractivity contribution in [1.82, 2.24) is 14.7 Å². The molecule has 0 bridgehead atoms. The molecule has 14 heteroatoms. The van der Waals surface area contributed by atoms with E-state index in [0.717, 1.165) is 11.3 Å². The molecule has 1 unspecified atom stereocenters. The Balaban J connectivity index is 1.41. The topological polar surface area (TPSA) is 161 Å². The highest BCUT2D eigenvalue weighted by Crippen LogP contribution is 2.36. The summed E-state index contributed by atoms with van der Waals surface area (Å²) in [5.41, 5.74) is 2.87. The Hall–Kier alpha value is -3.46. The third kappa shape index (κ3) is 6.56. The number of hydrogen-bond acceptors (Lipinski definition) is 11. The van der Waals surface area contributed by atoms with E-state index in [1.54, 1.807) is 45.2 Å². The fourth-order valence-electron chi connectivity index (χ4n) is 5.04. The zero-order valence-electron chi connectivity index (χ0n) is 23.1. The third-order valence-electron chi connectivity index (χ3n) is 7.01. The predicted molar refractivity (Wildman–Crippen MR) is 160 cm³/mol. The number of sulfonamides is 1. The molecule has 0 saturated carbocycles. The maximum atomic E-state index is 13.0. The van der Waals surface area contributed by atoms with Crippen molar-refractivity contribution < 1.29 is 21.9 Å². The van der Waals surface area contributed by atoms with Crippen molar-refractivity contribution in [3.63, 3.8) is 0 Å². The van der Waals surface area contributed by atoms with Gasteiger partial charge in [-0.2, -0.15) is 9.97 Å². The standard InChI is InChI=1S/C27H35N7O5S2/c1-17(2)33-41(37,38)24-7-5-4-6-22(24)29-26-20-10-13-28-25(20)31-27(32-26)30-21-9-8-18(16-23(21)39-3)34-14-11-19(12-15-34)40(35)36/h4-9,16-17,19,33H,10-15H2,1-3H3,(H,35,36)(H3,28,29,30,31,32)/p-1. The van der Waals surface area contributed by atoms with Crippen LogP contribution in [0.25, 0.3) is 0 Å². The summed E-state index contributed by atoms with van der Waals surface area (Å²) in [6.45, 7) is 5.52. The molecular weight excluding hydrogens is 566 g/mol. The Bertz CT molecular complexity index is 1540. The maximum absolute atomic E-state index is 13.0. The number of benzene rings is 2.